The average Bonchev–Trinajstić information content (AvgIpc) is 3.11. The van der Waals surface area contributed by atoms with E-state index in [1.54, 1.807) is 13.8 Å². The summed E-state index contributed by atoms with van der Waals surface area (Å²) in [6.45, 7) is 5.00. The van der Waals surface area contributed by atoms with Crippen molar-refractivity contribution in [2.45, 2.75) is 32.1 Å². The van der Waals surface area contributed by atoms with Crippen LogP contribution in [0.3, 0.4) is 0 Å². The van der Waals surface area contributed by atoms with E-state index in [4.69, 9.17) is 0 Å². The molecular weight excluding hydrogens is 444 g/mol. The largest absolute Gasteiger partial charge is 0.299 e. The summed E-state index contributed by atoms with van der Waals surface area (Å²) < 4.78 is 0. The van der Waals surface area contributed by atoms with E-state index in [1.165, 1.54) is 19.1 Å². The second-order valence-corrected chi connectivity index (χ2v) is 9.71. The third kappa shape index (κ3) is 2.42. The number of imide groups is 1. The fourth-order valence-corrected chi connectivity index (χ4v) is 6.72. The molecule has 3 aromatic rings. The maximum absolute atomic E-state index is 14.2. The minimum Gasteiger partial charge on any atom is -0.299 e. The molecule has 0 saturated carbocycles. The molecule has 4 aliphatic rings. The topological polar surface area (TPSA) is 97.6 Å². The van der Waals surface area contributed by atoms with E-state index in [9.17, 15) is 24.5 Å². The zero-order valence-electron chi connectivity index (χ0n) is 19.4. The van der Waals surface area contributed by atoms with E-state index in [2.05, 4.69) is 0 Å². The third-order valence-electron chi connectivity index (χ3n) is 8.20. The summed E-state index contributed by atoms with van der Waals surface area (Å²) in [7, 11) is 0. The number of Topliss-reactive ketones (excluding diaryl/α,β-unsaturated/α-hetero) is 1. The lowest BCUT2D eigenvalue weighted by Gasteiger charge is -2.52. The minimum absolute atomic E-state index is 0.0336. The normalized spacial score (nSPS) is 25.8. The molecule has 3 aliphatic carbocycles. The van der Waals surface area contributed by atoms with Gasteiger partial charge in [-0.2, -0.15) is 0 Å². The number of rotatable bonds is 3. The quantitative estimate of drug-likeness (QED) is 0.325. The number of carbonyl (C=O) groups is 3. The smallest absolute Gasteiger partial charge is 0.293 e. The van der Waals surface area contributed by atoms with Crippen molar-refractivity contribution >= 4 is 29.0 Å². The van der Waals surface area contributed by atoms with Crippen LogP contribution in [0.5, 0.6) is 0 Å². The molecule has 1 aliphatic heterocycles. The van der Waals surface area contributed by atoms with Crippen LogP contribution < -0.4 is 4.90 Å². The number of hydrogen-bond acceptors (Lipinski definition) is 5. The lowest BCUT2D eigenvalue weighted by atomic mass is 9.46. The molecule has 3 aromatic carbocycles. The first kappa shape index (κ1) is 21.4. The van der Waals surface area contributed by atoms with Crippen molar-refractivity contribution < 1.29 is 19.3 Å². The van der Waals surface area contributed by atoms with Crippen molar-refractivity contribution in [3.05, 3.63) is 104 Å². The summed E-state index contributed by atoms with van der Waals surface area (Å²) in [5.74, 6) is -3.48. The fourth-order valence-electron chi connectivity index (χ4n) is 6.72. The van der Waals surface area contributed by atoms with Gasteiger partial charge in [-0.1, -0.05) is 48.5 Å². The fraction of sp³-hybridized carbons (Fsp3) is 0.250. The molecule has 2 amide bonds. The van der Waals surface area contributed by atoms with E-state index in [1.807, 2.05) is 48.5 Å². The number of benzene rings is 3. The zero-order valence-corrected chi connectivity index (χ0v) is 19.4. The summed E-state index contributed by atoms with van der Waals surface area (Å²) in [5, 5.41) is 11.9. The highest BCUT2D eigenvalue weighted by Gasteiger charge is 2.70. The van der Waals surface area contributed by atoms with Crippen LogP contribution in [0, 0.1) is 35.8 Å². The van der Waals surface area contributed by atoms with Crippen LogP contribution in [0.15, 0.2) is 60.7 Å². The summed E-state index contributed by atoms with van der Waals surface area (Å²) in [4.78, 5) is 54.2. The first-order valence-electron chi connectivity index (χ1n) is 11.5. The molecule has 0 N–H and O–H groups in total. The van der Waals surface area contributed by atoms with Gasteiger partial charge in [-0.25, -0.2) is 4.90 Å². The predicted octanol–water partition coefficient (Wildman–Crippen LogP) is 4.35. The molecular formula is C28H22N2O5. The van der Waals surface area contributed by atoms with E-state index in [0.29, 0.717) is 5.56 Å². The highest BCUT2D eigenvalue weighted by atomic mass is 16.6. The molecule has 2 bridgehead atoms. The molecule has 7 nitrogen and oxygen atoms in total. The summed E-state index contributed by atoms with van der Waals surface area (Å²) in [5.41, 5.74) is 2.98. The van der Waals surface area contributed by atoms with Crippen molar-refractivity contribution in [1.82, 2.24) is 0 Å². The maximum atomic E-state index is 14.2. The molecule has 0 spiro atoms. The Labute approximate surface area is 201 Å². The summed E-state index contributed by atoms with van der Waals surface area (Å²) >= 11 is 0. The van der Waals surface area contributed by atoms with Gasteiger partial charge in [-0.3, -0.25) is 24.5 Å². The van der Waals surface area contributed by atoms with Crippen molar-refractivity contribution in [1.29, 1.82) is 0 Å². The van der Waals surface area contributed by atoms with Crippen LogP contribution in [0.4, 0.5) is 11.4 Å². The Kier molecular flexibility index (Phi) is 4.25. The second kappa shape index (κ2) is 6.95. The average molecular weight is 466 g/mol. The molecule has 7 rings (SSSR count). The first-order chi connectivity index (χ1) is 16.7. The van der Waals surface area contributed by atoms with Crippen LogP contribution in [0.2, 0.25) is 0 Å². The SMILES string of the molecule is CC(=O)C12c3ccccc3C(c3ccccc31)[C@@H]1C(=O)N(c3cc(C)c(C)cc3[N+](=O)[O-])C(=O)[C@@H]12. The molecule has 1 heterocycles. The molecule has 0 unspecified atom stereocenters. The number of amides is 2. The van der Waals surface area contributed by atoms with Gasteiger partial charge in [0.1, 0.15) is 11.5 Å². The van der Waals surface area contributed by atoms with Crippen LogP contribution in [-0.2, 0) is 19.8 Å². The molecule has 1 fully saturated rings. The Hall–Kier alpha value is -4.13. The summed E-state index contributed by atoms with van der Waals surface area (Å²) in [6.07, 6.45) is 0. The molecule has 0 aromatic heterocycles. The number of ketones is 1. The molecule has 0 radical (unpaired) electrons. The maximum Gasteiger partial charge on any atom is 0.293 e. The van der Waals surface area contributed by atoms with E-state index < -0.39 is 39.9 Å². The number of nitrogens with zero attached hydrogens (tertiary/aromatic N) is 2. The van der Waals surface area contributed by atoms with Crippen molar-refractivity contribution in [3.8, 4) is 0 Å². The minimum atomic E-state index is -1.33. The van der Waals surface area contributed by atoms with Gasteiger partial charge in [0.05, 0.1) is 22.2 Å². The van der Waals surface area contributed by atoms with Gasteiger partial charge < -0.3 is 0 Å². The van der Waals surface area contributed by atoms with Crippen molar-refractivity contribution in [2.24, 2.45) is 11.8 Å². The second-order valence-electron chi connectivity index (χ2n) is 9.71. The molecule has 1 saturated heterocycles. The van der Waals surface area contributed by atoms with Gasteiger partial charge in [0.15, 0.2) is 0 Å². The number of nitro groups is 1. The highest BCUT2D eigenvalue weighted by Crippen LogP contribution is 2.64. The summed E-state index contributed by atoms with van der Waals surface area (Å²) in [6, 6.07) is 17.9. The molecule has 2 atom stereocenters. The Morgan fingerprint density at radius 1 is 0.914 bits per heavy atom. The van der Waals surface area contributed by atoms with Crippen LogP contribution in [-0.4, -0.2) is 22.5 Å². The van der Waals surface area contributed by atoms with Gasteiger partial charge in [-0.05, 0) is 60.2 Å². The van der Waals surface area contributed by atoms with E-state index in [0.717, 1.165) is 32.7 Å². The number of aryl methyl sites for hydroxylation is 2. The molecule has 174 valence electrons. The van der Waals surface area contributed by atoms with Gasteiger partial charge in [0.2, 0.25) is 11.8 Å². The molecule has 7 heteroatoms. The van der Waals surface area contributed by atoms with E-state index >= 15 is 0 Å². The Balaban J connectivity index is 1.66. The van der Waals surface area contributed by atoms with Crippen molar-refractivity contribution in [3.63, 3.8) is 0 Å². The Morgan fingerprint density at radius 3 is 2.00 bits per heavy atom. The number of carbonyl (C=O) groups excluding carboxylic acids is 3. The monoisotopic (exact) mass is 466 g/mol. The van der Waals surface area contributed by atoms with Crippen molar-refractivity contribution in [2.75, 3.05) is 4.90 Å². The van der Waals surface area contributed by atoms with Gasteiger partial charge in [-0.15, -0.1) is 0 Å². The lowest BCUT2D eigenvalue weighted by Crippen LogP contribution is -2.57. The predicted molar refractivity (Wildman–Crippen MR) is 128 cm³/mol. The van der Waals surface area contributed by atoms with Gasteiger partial charge in [0.25, 0.3) is 5.69 Å². The number of anilines is 1. The number of nitro benzene ring substituents is 1. The zero-order chi connectivity index (χ0) is 24.8. The highest BCUT2D eigenvalue weighted by molar-refractivity contribution is 6.26. The standard InChI is InChI=1S/C28H22N2O5/c1-14-12-21(22(30(34)35)13-15(14)2)29-26(32)24-23-17-8-4-6-10-19(17)28(16(3)31,25(24)27(29)33)20-11-7-5-9-18(20)23/h4-13,23-25H,1-3H3/t23?,24-,25+,28?/m0/s1. The van der Waals surface area contributed by atoms with Crippen LogP contribution >= 0.6 is 0 Å². The lowest BCUT2D eigenvalue weighted by molar-refractivity contribution is -0.384. The number of hydrogen-bond donors (Lipinski definition) is 0. The van der Waals surface area contributed by atoms with Crippen LogP contribution in [0.25, 0.3) is 0 Å². The first-order valence-corrected chi connectivity index (χ1v) is 11.5. The van der Waals surface area contributed by atoms with Crippen LogP contribution in [0.1, 0.15) is 46.2 Å². The Bertz CT molecular complexity index is 1460. The van der Waals surface area contributed by atoms with E-state index in [-0.39, 0.29) is 17.2 Å². The third-order valence-corrected chi connectivity index (χ3v) is 8.20. The van der Waals surface area contributed by atoms with Gasteiger partial charge >= 0.3 is 0 Å². The Morgan fingerprint density at radius 2 is 1.46 bits per heavy atom. The van der Waals surface area contributed by atoms with Gasteiger partial charge in [0, 0.05) is 12.0 Å². The molecule has 35 heavy (non-hydrogen) atoms.